The first-order valence-electron chi connectivity index (χ1n) is 16.3. The van der Waals surface area contributed by atoms with Gasteiger partial charge in [-0.05, 0) is 57.9 Å². The third-order valence-corrected chi connectivity index (χ3v) is 8.57. The van der Waals surface area contributed by atoms with Crippen molar-refractivity contribution in [2.75, 3.05) is 32.0 Å². The topological polar surface area (TPSA) is 167 Å². The second-order valence-electron chi connectivity index (χ2n) is 10.8. The Kier molecular flexibility index (Phi) is 19.1. The number of nitrogens with zero attached hydrogens (tertiary/aromatic N) is 2. The third kappa shape index (κ3) is 14.9. The Morgan fingerprint density at radius 3 is 2.23 bits per heavy atom. The fourth-order valence-corrected chi connectivity index (χ4v) is 5.74. The Hall–Kier alpha value is -3.26. The molecule has 0 radical (unpaired) electrons. The molecule has 1 aliphatic rings. The van der Waals surface area contributed by atoms with Gasteiger partial charge in [-0.1, -0.05) is 67.7 Å². The zero-order valence-corrected chi connectivity index (χ0v) is 28.6. The van der Waals surface area contributed by atoms with Gasteiger partial charge in [0, 0.05) is 25.7 Å². The third-order valence-electron chi connectivity index (χ3n) is 6.88. The maximum atomic E-state index is 14.8. The number of nitrogens with one attached hydrogen (secondary N) is 2. The van der Waals surface area contributed by atoms with Crippen LogP contribution in [0.3, 0.4) is 0 Å². The normalized spacial score (nSPS) is 21.0. The highest BCUT2D eigenvalue weighted by molar-refractivity contribution is 7.51. The zero-order valence-electron chi connectivity index (χ0n) is 27.7. The predicted molar refractivity (Wildman–Crippen MR) is 182 cm³/mol. The van der Waals surface area contributed by atoms with Gasteiger partial charge in [-0.25, -0.2) is 14.4 Å². The molecular weight excluding hydrogens is 647 g/mol. The lowest BCUT2D eigenvalue weighted by molar-refractivity contribution is -0.140. The van der Waals surface area contributed by atoms with Crippen molar-refractivity contribution in [3.05, 3.63) is 83.5 Å². The van der Waals surface area contributed by atoms with Gasteiger partial charge in [0.05, 0.1) is 13.2 Å². The summed E-state index contributed by atoms with van der Waals surface area (Å²) in [7, 11) is -4.02. The number of halogens is 2. The number of aliphatic hydroxyl groups excluding tert-OH is 1. The van der Waals surface area contributed by atoms with Crippen LogP contribution in [-0.4, -0.2) is 65.0 Å². The van der Waals surface area contributed by atoms with Crippen molar-refractivity contribution in [2.24, 2.45) is 0 Å². The number of carbonyl (C=O) groups is 1. The molecule has 1 fully saturated rings. The number of rotatable bonds is 23. The van der Waals surface area contributed by atoms with Crippen LogP contribution in [0.4, 0.5) is 14.6 Å². The number of aliphatic hydroxyl groups is 1. The maximum Gasteiger partial charge on any atom is 0.405 e. The molecule has 0 saturated carbocycles. The number of aromatic nitrogens is 2. The smallest absolute Gasteiger partial charge is 0.384 e. The molecule has 1 aromatic rings. The fourth-order valence-electron chi connectivity index (χ4n) is 4.41. The number of hydrogen-bond donors (Lipinski definition) is 4. The molecule has 12 nitrogen and oxygen atoms in total. The molecule has 0 aromatic carbocycles. The van der Waals surface area contributed by atoms with Gasteiger partial charge in [-0.2, -0.15) is 13.8 Å². The van der Waals surface area contributed by atoms with Crippen LogP contribution in [0.1, 0.15) is 71.4 Å². The van der Waals surface area contributed by atoms with E-state index in [1.54, 1.807) is 6.92 Å². The number of hydrogen-bond acceptors (Lipinski definition) is 9. The van der Waals surface area contributed by atoms with Crippen molar-refractivity contribution >= 4 is 19.5 Å². The van der Waals surface area contributed by atoms with Crippen LogP contribution in [-0.2, 0) is 23.1 Å². The number of allylic oxidation sites excluding steroid dienone is 10. The van der Waals surface area contributed by atoms with E-state index in [9.17, 15) is 28.0 Å². The first-order valence-corrected chi connectivity index (χ1v) is 17.8. The largest absolute Gasteiger partial charge is 0.405 e. The van der Waals surface area contributed by atoms with Crippen LogP contribution in [0.5, 0.6) is 0 Å². The summed E-state index contributed by atoms with van der Waals surface area (Å²) in [6.45, 7) is 3.01. The summed E-state index contributed by atoms with van der Waals surface area (Å²) < 4.78 is 58.8. The molecule has 15 heteroatoms. The van der Waals surface area contributed by atoms with E-state index in [2.05, 4.69) is 77.0 Å². The highest BCUT2D eigenvalue weighted by Crippen LogP contribution is 2.47. The van der Waals surface area contributed by atoms with Gasteiger partial charge in [-0.15, -0.1) is 0 Å². The summed E-state index contributed by atoms with van der Waals surface area (Å²) in [5, 5.41) is 15.5. The van der Waals surface area contributed by atoms with Crippen molar-refractivity contribution < 1.29 is 37.0 Å². The summed E-state index contributed by atoms with van der Waals surface area (Å²) in [5.41, 5.74) is 4.32. The van der Waals surface area contributed by atoms with Gasteiger partial charge in [0.15, 0.2) is 6.10 Å². The first-order chi connectivity index (χ1) is 23.0. The minimum atomic E-state index is -4.02. The van der Waals surface area contributed by atoms with Crippen molar-refractivity contribution in [3.63, 3.8) is 0 Å². The quantitative estimate of drug-likeness (QED) is 0.0651. The highest BCUT2D eigenvalue weighted by Gasteiger charge is 2.60. The number of carbonyl (C=O) groups excluding carboxylic acids is 1. The van der Waals surface area contributed by atoms with E-state index in [0.29, 0.717) is 17.4 Å². The second kappa shape index (κ2) is 22.4. The molecule has 0 aliphatic carbocycles. The Bertz CT molecular complexity index is 1370. The second-order valence-corrected chi connectivity index (χ2v) is 12.6. The summed E-state index contributed by atoms with van der Waals surface area (Å²) in [4.78, 5) is 27.6. The SMILES string of the molecule is CC/C=C\C/C=C\C/C=C\C/C=C\C/C=C\CCCC(=O)NCCNP(=O)(OCC)OC[C@H]1O[C@@H](n2ccc(N)nc2=O)C(F)(F)[C@@H]1O. The molecule has 268 valence electrons. The Balaban J connectivity index is 1.63. The molecule has 1 amide bonds. The van der Waals surface area contributed by atoms with E-state index in [1.165, 1.54) is 0 Å². The number of alkyl halides is 2. The summed E-state index contributed by atoms with van der Waals surface area (Å²) in [6.07, 6.45) is 22.5. The summed E-state index contributed by atoms with van der Waals surface area (Å²) in [6, 6.07) is 1.13. The van der Waals surface area contributed by atoms with E-state index in [0.717, 1.165) is 50.8 Å². The first kappa shape index (κ1) is 40.9. The molecule has 2 rings (SSSR count). The van der Waals surface area contributed by atoms with Gasteiger partial charge >= 0.3 is 19.4 Å². The summed E-state index contributed by atoms with van der Waals surface area (Å²) >= 11 is 0. The van der Waals surface area contributed by atoms with Crippen molar-refractivity contribution in [2.45, 2.75) is 89.6 Å². The van der Waals surface area contributed by atoms with Crippen LogP contribution < -0.4 is 21.8 Å². The van der Waals surface area contributed by atoms with Gasteiger partial charge in [0.25, 0.3) is 0 Å². The monoisotopic (exact) mass is 697 g/mol. The lowest BCUT2D eigenvalue weighted by Gasteiger charge is -2.22. The molecule has 0 bridgehead atoms. The van der Waals surface area contributed by atoms with E-state index >= 15 is 0 Å². The number of nitrogen functional groups attached to an aromatic ring is 1. The molecule has 4 atom stereocenters. The Morgan fingerprint density at radius 1 is 1.04 bits per heavy atom. The average molecular weight is 698 g/mol. The minimum Gasteiger partial charge on any atom is -0.384 e. The number of unbranched alkanes of at least 4 members (excludes halogenated alkanes) is 1. The Morgan fingerprint density at radius 2 is 1.65 bits per heavy atom. The number of anilines is 1. The van der Waals surface area contributed by atoms with Gasteiger partial charge in [-0.3, -0.25) is 18.4 Å². The minimum absolute atomic E-state index is 0.00283. The van der Waals surface area contributed by atoms with Gasteiger partial charge < -0.3 is 20.9 Å². The van der Waals surface area contributed by atoms with E-state index in [-0.39, 0.29) is 31.4 Å². The van der Waals surface area contributed by atoms with Crippen LogP contribution in [0.25, 0.3) is 0 Å². The van der Waals surface area contributed by atoms with Crippen LogP contribution >= 0.6 is 7.75 Å². The molecule has 0 spiro atoms. The lowest BCUT2D eigenvalue weighted by atomic mass is 10.1. The fraction of sp³-hybridized carbons (Fsp3) is 0.545. The molecule has 1 saturated heterocycles. The molecule has 5 N–H and O–H groups in total. The standard InChI is InChI=1S/C33H50F2N5O7P/c1-3-5-6-7-8-9-10-11-12-13-14-15-16-17-18-19-20-21-29(41)37-23-24-38-48(44,45-4-2)46-26-27-30(42)33(34,35)31(47-27)40-25-22-28(36)39-32(40)43/h5-6,8-9,11-12,14-15,17-18,22,25,27,30-31,42H,3-4,7,10,13,16,19-21,23-24,26H2,1-2H3,(H,37,41)(H,38,44)(H2,36,39,43)/b6-5-,9-8-,12-11-,15-14-,18-17-/t27-,30-,31-,48?/m1/s1. The molecular formula is C33H50F2N5O7P. The van der Waals surface area contributed by atoms with E-state index in [1.807, 2.05) is 6.08 Å². The summed E-state index contributed by atoms with van der Waals surface area (Å²) in [5.74, 6) is -4.24. The van der Waals surface area contributed by atoms with E-state index < -0.39 is 44.4 Å². The molecule has 48 heavy (non-hydrogen) atoms. The van der Waals surface area contributed by atoms with E-state index in [4.69, 9.17) is 19.5 Å². The molecule has 1 aromatic heterocycles. The lowest BCUT2D eigenvalue weighted by Crippen LogP contribution is -2.42. The number of nitrogens with two attached hydrogens (primary N) is 1. The molecule has 2 heterocycles. The number of ether oxygens (including phenoxy) is 1. The number of amides is 1. The van der Waals surface area contributed by atoms with Crippen LogP contribution in [0.15, 0.2) is 77.8 Å². The maximum absolute atomic E-state index is 14.8. The van der Waals surface area contributed by atoms with Crippen LogP contribution in [0.2, 0.25) is 0 Å². The highest BCUT2D eigenvalue weighted by atomic mass is 31.2. The van der Waals surface area contributed by atoms with Crippen molar-refractivity contribution in [3.8, 4) is 0 Å². The zero-order chi connectivity index (χ0) is 35.3. The van der Waals surface area contributed by atoms with Gasteiger partial charge in [0.2, 0.25) is 12.1 Å². The molecule has 1 unspecified atom stereocenters. The molecule has 1 aliphatic heterocycles. The van der Waals surface area contributed by atoms with Gasteiger partial charge in [0.1, 0.15) is 11.9 Å². The van der Waals surface area contributed by atoms with Crippen LogP contribution in [0, 0.1) is 0 Å². The average Bonchev–Trinajstić information content (AvgIpc) is 3.27. The van der Waals surface area contributed by atoms with Crippen molar-refractivity contribution in [1.29, 1.82) is 0 Å². The predicted octanol–water partition coefficient (Wildman–Crippen LogP) is 5.51. The van der Waals surface area contributed by atoms with Crippen molar-refractivity contribution in [1.82, 2.24) is 20.0 Å². The Labute approximate surface area is 281 Å².